The van der Waals surface area contributed by atoms with Gasteiger partial charge in [-0.2, -0.15) is 9.78 Å². The molecule has 1 aliphatic carbocycles. The molecule has 0 spiro atoms. The topological polar surface area (TPSA) is 106 Å². The van der Waals surface area contributed by atoms with Crippen LogP contribution in [-0.4, -0.2) is 31.3 Å². The van der Waals surface area contributed by atoms with Gasteiger partial charge in [-0.1, -0.05) is 13.8 Å². The van der Waals surface area contributed by atoms with Crippen molar-refractivity contribution in [1.29, 1.82) is 0 Å². The van der Waals surface area contributed by atoms with Crippen molar-refractivity contribution in [3.05, 3.63) is 41.1 Å². The third-order valence-corrected chi connectivity index (χ3v) is 4.58. The zero-order valence-electron chi connectivity index (χ0n) is 13.6. The number of anilines is 1. The molecule has 2 N–H and O–H groups in total. The van der Waals surface area contributed by atoms with Crippen molar-refractivity contribution in [2.75, 3.05) is 5.32 Å². The average Bonchev–Trinajstić information content (AvgIpc) is 2.96. The Hall–Kier alpha value is -2.90. The van der Waals surface area contributed by atoms with Crippen LogP contribution in [0.4, 0.5) is 5.69 Å². The van der Waals surface area contributed by atoms with Crippen LogP contribution in [0.5, 0.6) is 0 Å². The minimum atomic E-state index is -0.954. The zero-order chi connectivity index (χ0) is 17.6. The number of carboxylic acids is 1. The van der Waals surface area contributed by atoms with Crippen molar-refractivity contribution in [3.63, 3.8) is 0 Å². The molecule has 2 aromatic rings. The highest BCUT2D eigenvalue weighted by molar-refractivity contribution is 5.99. The van der Waals surface area contributed by atoms with Gasteiger partial charge in [0.2, 0.25) is 5.91 Å². The molecule has 0 bridgehead atoms. The first-order valence-corrected chi connectivity index (χ1v) is 7.48. The van der Waals surface area contributed by atoms with E-state index in [4.69, 9.17) is 5.11 Å². The number of carboxylic acid groups (broad SMARTS) is 1. The number of carbonyl (C=O) groups excluding carboxylic acids is 1. The maximum Gasteiger partial charge on any atom is 0.350 e. The van der Waals surface area contributed by atoms with Crippen LogP contribution in [0.2, 0.25) is 0 Å². The van der Waals surface area contributed by atoms with Gasteiger partial charge in [0.1, 0.15) is 6.33 Å². The first-order valence-electron chi connectivity index (χ1n) is 7.48. The lowest BCUT2D eigenvalue weighted by atomic mass is 10.1. The molecule has 0 aliphatic heterocycles. The van der Waals surface area contributed by atoms with Crippen LogP contribution in [0.1, 0.15) is 13.8 Å². The molecule has 24 heavy (non-hydrogen) atoms. The molecule has 1 aromatic carbocycles. The van der Waals surface area contributed by atoms with Gasteiger partial charge in [0.15, 0.2) is 0 Å². The summed E-state index contributed by atoms with van der Waals surface area (Å²) in [6.07, 6.45) is 1.42. The van der Waals surface area contributed by atoms with E-state index >= 15 is 0 Å². The van der Waals surface area contributed by atoms with Crippen LogP contribution in [0.3, 0.4) is 0 Å². The van der Waals surface area contributed by atoms with Gasteiger partial charge in [0.25, 0.3) is 0 Å². The minimum absolute atomic E-state index is 0.268. The Kier molecular flexibility index (Phi) is 3.55. The number of aryl methyl sites for hydroxylation is 1. The van der Waals surface area contributed by atoms with E-state index in [1.54, 1.807) is 45.2 Å². The first kappa shape index (κ1) is 16.0. The normalized spacial score (nSPS) is 21.3. The highest BCUT2D eigenvalue weighted by Crippen LogP contribution is 2.58. The lowest BCUT2D eigenvalue weighted by molar-refractivity contribution is -0.140. The predicted octanol–water partition coefficient (Wildman–Crippen LogP) is 0.866. The summed E-state index contributed by atoms with van der Waals surface area (Å²) in [5.74, 6) is -2.47. The van der Waals surface area contributed by atoms with Gasteiger partial charge >= 0.3 is 11.7 Å². The van der Waals surface area contributed by atoms with E-state index in [1.165, 1.54) is 15.6 Å². The standard InChI is InChI=1S/C16H18N4O4/c1-16(2)11(12(16)14(22)23)13(21)18-9-4-6-10(7-5-9)20-15(24)19(3)8-17-20/h4-8,11-12H,1-3H3,(H,18,21)(H,22,23)/t11-,12+/m0/s1. The SMILES string of the molecule is Cn1cnn(-c2ccc(NC(=O)[C@@H]3[C@H](C(=O)O)C3(C)C)cc2)c1=O. The highest BCUT2D eigenvalue weighted by atomic mass is 16.4. The van der Waals surface area contributed by atoms with E-state index in [-0.39, 0.29) is 11.6 Å². The molecule has 0 saturated heterocycles. The Morgan fingerprint density at radius 3 is 2.29 bits per heavy atom. The molecule has 1 fully saturated rings. The number of nitrogens with zero attached hydrogens (tertiary/aromatic N) is 3. The molecule has 0 unspecified atom stereocenters. The fraction of sp³-hybridized carbons (Fsp3) is 0.375. The second kappa shape index (κ2) is 5.33. The summed E-state index contributed by atoms with van der Waals surface area (Å²) in [7, 11) is 1.61. The van der Waals surface area contributed by atoms with Gasteiger partial charge in [0.05, 0.1) is 17.5 Å². The van der Waals surface area contributed by atoms with Gasteiger partial charge in [-0.25, -0.2) is 4.79 Å². The number of benzene rings is 1. The van der Waals surface area contributed by atoms with Gasteiger partial charge in [-0.05, 0) is 29.7 Å². The molecule has 1 aromatic heterocycles. The van der Waals surface area contributed by atoms with E-state index in [9.17, 15) is 14.4 Å². The van der Waals surface area contributed by atoms with Crippen molar-refractivity contribution >= 4 is 17.6 Å². The summed E-state index contributed by atoms with van der Waals surface area (Å²) in [4.78, 5) is 35.3. The molecule has 3 rings (SSSR count). The highest BCUT2D eigenvalue weighted by Gasteiger charge is 2.65. The van der Waals surface area contributed by atoms with Crippen LogP contribution in [0.25, 0.3) is 5.69 Å². The van der Waals surface area contributed by atoms with Crippen molar-refractivity contribution in [2.45, 2.75) is 13.8 Å². The average molecular weight is 330 g/mol. The Bertz CT molecular complexity index is 863. The van der Waals surface area contributed by atoms with Crippen LogP contribution in [-0.2, 0) is 16.6 Å². The second-order valence-electron chi connectivity index (χ2n) is 6.59. The molecule has 1 amide bonds. The van der Waals surface area contributed by atoms with E-state index in [0.29, 0.717) is 11.4 Å². The van der Waals surface area contributed by atoms with Crippen molar-refractivity contribution in [1.82, 2.24) is 14.3 Å². The third-order valence-electron chi connectivity index (χ3n) is 4.58. The number of amides is 1. The Morgan fingerprint density at radius 1 is 1.21 bits per heavy atom. The Morgan fingerprint density at radius 2 is 1.83 bits per heavy atom. The lowest BCUT2D eigenvalue weighted by Crippen LogP contribution is -2.21. The predicted molar refractivity (Wildman–Crippen MR) is 85.8 cm³/mol. The number of aromatic nitrogens is 3. The maximum atomic E-state index is 12.3. The number of nitrogens with one attached hydrogen (secondary N) is 1. The molecule has 1 saturated carbocycles. The van der Waals surface area contributed by atoms with Crippen LogP contribution in [0.15, 0.2) is 35.4 Å². The lowest BCUT2D eigenvalue weighted by Gasteiger charge is -2.07. The van der Waals surface area contributed by atoms with Gasteiger partial charge in [0, 0.05) is 12.7 Å². The van der Waals surface area contributed by atoms with Crippen LogP contribution in [0, 0.1) is 17.3 Å². The van der Waals surface area contributed by atoms with Crippen LogP contribution < -0.4 is 11.0 Å². The summed E-state index contributed by atoms with van der Waals surface area (Å²) in [5.41, 5.74) is 0.307. The van der Waals surface area contributed by atoms with E-state index in [1.807, 2.05) is 0 Å². The fourth-order valence-electron chi connectivity index (χ4n) is 3.05. The first-order chi connectivity index (χ1) is 11.2. The molecule has 1 aliphatic rings. The maximum absolute atomic E-state index is 12.3. The monoisotopic (exact) mass is 330 g/mol. The molecule has 0 radical (unpaired) electrons. The van der Waals surface area contributed by atoms with Gasteiger partial charge in [-0.3, -0.25) is 14.2 Å². The summed E-state index contributed by atoms with van der Waals surface area (Å²) < 4.78 is 2.60. The van der Waals surface area contributed by atoms with Crippen molar-refractivity contribution < 1.29 is 14.7 Å². The van der Waals surface area contributed by atoms with Crippen LogP contribution >= 0.6 is 0 Å². The van der Waals surface area contributed by atoms with Crippen molar-refractivity contribution in [3.8, 4) is 5.69 Å². The zero-order valence-corrected chi connectivity index (χ0v) is 13.6. The molecule has 8 heteroatoms. The third kappa shape index (κ3) is 2.49. The molecule has 8 nitrogen and oxygen atoms in total. The van der Waals surface area contributed by atoms with E-state index < -0.39 is 23.2 Å². The largest absolute Gasteiger partial charge is 0.481 e. The summed E-state index contributed by atoms with van der Waals surface area (Å²) in [6, 6.07) is 6.63. The molecule has 126 valence electrons. The fourth-order valence-corrected chi connectivity index (χ4v) is 3.05. The van der Waals surface area contributed by atoms with E-state index in [0.717, 1.165) is 0 Å². The number of hydrogen-bond acceptors (Lipinski definition) is 4. The van der Waals surface area contributed by atoms with Gasteiger partial charge in [-0.15, -0.1) is 0 Å². The van der Waals surface area contributed by atoms with E-state index in [2.05, 4.69) is 10.4 Å². The van der Waals surface area contributed by atoms with Crippen molar-refractivity contribution in [2.24, 2.45) is 24.3 Å². The quantitative estimate of drug-likeness (QED) is 0.865. The Labute approximate surface area is 137 Å². The molecular weight excluding hydrogens is 312 g/mol. The molecule has 2 atom stereocenters. The second-order valence-corrected chi connectivity index (χ2v) is 6.59. The Balaban J connectivity index is 1.73. The number of rotatable bonds is 4. The van der Waals surface area contributed by atoms with Gasteiger partial charge < -0.3 is 10.4 Å². The summed E-state index contributed by atoms with van der Waals surface area (Å²) >= 11 is 0. The smallest absolute Gasteiger partial charge is 0.350 e. The number of hydrogen-bond donors (Lipinski definition) is 2. The molecule has 1 heterocycles. The number of aliphatic carboxylic acids is 1. The number of carbonyl (C=O) groups is 2. The summed E-state index contributed by atoms with van der Waals surface area (Å²) in [6.45, 7) is 3.54. The summed E-state index contributed by atoms with van der Waals surface area (Å²) in [5, 5.41) is 15.8. The molecular formula is C16H18N4O4. The minimum Gasteiger partial charge on any atom is -0.481 e.